The van der Waals surface area contributed by atoms with E-state index in [9.17, 15) is 14.4 Å². The molecule has 1 aliphatic rings. The molecule has 0 spiro atoms. The van der Waals surface area contributed by atoms with Gasteiger partial charge in [-0.3, -0.25) is 19.0 Å². The minimum atomic E-state index is -0.285. The Kier molecular flexibility index (Phi) is 6.15. The molecule has 0 bridgehead atoms. The number of hydrogen-bond donors (Lipinski definition) is 1. The van der Waals surface area contributed by atoms with Crippen LogP contribution in [0.3, 0.4) is 0 Å². The van der Waals surface area contributed by atoms with Gasteiger partial charge in [-0.2, -0.15) is 0 Å². The summed E-state index contributed by atoms with van der Waals surface area (Å²) in [5.74, 6) is 0.141. The number of carbonyl (C=O) groups excluding carboxylic acids is 2. The van der Waals surface area contributed by atoms with Crippen LogP contribution in [0.4, 0.5) is 5.69 Å². The van der Waals surface area contributed by atoms with Crippen molar-refractivity contribution >= 4 is 39.1 Å². The third kappa shape index (κ3) is 4.46. The van der Waals surface area contributed by atoms with Crippen molar-refractivity contribution in [2.24, 2.45) is 5.92 Å². The molecular formula is C24H28N4O3S. The first-order valence-corrected chi connectivity index (χ1v) is 11.7. The Bertz CT molecular complexity index is 1240. The van der Waals surface area contributed by atoms with Crippen LogP contribution in [0, 0.1) is 26.7 Å². The molecule has 2 aromatic heterocycles. The molecule has 1 N–H and O–H groups in total. The fourth-order valence-corrected chi connectivity index (χ4v) is 5.42. The van der Waals surface area contributed by atoms with Crippen LogP contribution in [0.5, 0.6) is 0 Å². The second-order valence-electron chi connectivity index (χ2n) is 8.83. The molecule has 3 heterocycles. The fourth-order valence-electron chi connectivity index (χ4n) is 4.38. The second-order valence-corrected chi connectivity index (χ2v) is 9.83. The van der Waals surface area contributed by atoms with Crippen LogP contribution in [0.25, 0.3) is 10.2 Å². The molecule has 8 heteroatoms. The molecule has 3 aromatic rings. The molecule has 0 radical (unpaired) electrons. The van der Waals surface area contributed by atoms with Crippen molar-refractivity contribution in [3.8, 4) is 0 Å². The number of nitrogens with one attached hydrogen (secondary N) is 1. The highest BCUT2D eigenvalue weighted by Gasteiger charge is 2.23. The molecule has 1 fully saturated rings. The maximum absolute atomic E-state index is 13.1. The minimum Gasteiger partial charge on any atom is -0.341 e. The average molecular weight is 453 g/mol. The van der Waals surface area contributed by atoms with E-state index >= 15 is 0 Å². The number of benzene rings is 1. The maximum Gasteiger partial charge on any atom is 0.266 e. The lowest BCUT2D eigenvalue weighted by atomic mass is 10.0. The van der Waals surface area contributed by atoms with E-state index in [1.807, 2.05) is 36.9 Å². The molecule has 1 aliphatic heterocycles. The smallest absolute Gasteiger partial charge is 0.266 e. The van der Waals surface area contributed by atoms with Crippen molar-refractivity contribution in [3.63, 3.8) is 0 Å². The van der Waals surface area contributed by atoms with E-state index in [1.165, 1.54) is 22.2 Å². The zero-order valence-electron chi connectivity index (χ0n) is 18.9. The van der Waals surface area contributed by atoms with E-state index < -0.39 is 0 Å². The van der Waals surface area contributed by atoms with Crippen LogP contribution in [-0.4, -0.2) is 39.4 Å². The molecule has 4 rings (SSSR count). The second kappa shape index (κ2) is 8.86. The number of aromatic nitrogens is 2. The highest BCUT2D eigenvalue weighted by molar-refractivity contribution is 7.20. The van der Waals surface area contributed by atoms with E-state index in [0.29, 0.717) is 26.6 Å². The highest BCUT2D eigenvalue weighted by atomic mass is 32.1. The van der Waals surface area contributed by atoms with Crippen molar-refractivity contribution in [2.45, 2.75) is 47.1 Å². The SMILES string of the molecule is Cc1cc(C)cc(NC(=O)c2sc3ncn(CC(=O)N4CCC[C@H](C)C4)c(=O)c3c2C)c1. The summed E-state index contributed by atoms with van der Waals surface area (Å²) in [6.07, 6.45) is 3.53. The van der Waals surface area contributed by atoms with Gasteiger partial charge in [0.2, 0.25) is 5.91 Å². The number of nitrogens with zero attached hydrogens (tertiary/aromatic N) is 3. The van der Waals surface area contributed by atoms with E-state index in [1.54, 1.807) is 6.92 Å². The van der Waals surface area contributed by atoms with E-state index in [2.05, 4.69) is 17.2 Å². The Morgan fingerprint density at radius 1 is 1.19 bits per heavy atom. The predicted molar refractivity (Wildman–Crippen MR) is 127 cm³/mol. The first-order valence-electron chi connectivity index (χ1n) is 10.9. The number of amides is 2. The number of hydrogen-bond acceptors (Lipinski definition) is 5. The summed E-state index contributed by atoms with van der Waals surface area (Å²) < 4.78 is 1.36. The van der Waals surface area contributed by atoms with Gasteiger partial charge in [-0.15, -0.1) is 11.3 Å². The van der Waals surface area contributed by atoms with Crippen LogP contribution in [0.15, 0.2) is 29.3 Å². The van der Waals surface area contributed by atoms with Gasteiger partial charge >= 0.3 is 0 Å². The van der Waals surface area contributed by atoms with E-state index in [4.69, 9.17) is 0 Å². The predicted octanol–water partition coefficient (Wildman–Crippen LogP) is 3.89. The van der Waals surface area contributed by atoms with Crippen LogP contribution in [0.1, 0.15) is 46.1 Å². The number of rotatable bonds is 4. The quantitative estimate of drug-likeness (QED) is 0.651. The van der Waals surface area contributed by atoms with Crippen LogP contribution in [-0.2, 0) is 11.3 Å². The number of thiophene rings is 1. The molecule has 32 heavy (non-hydrogen) atoms. The van der Waals surface area contributed by atoms with Gasteiger partial charge in [0.1, 0.15) is 11.4 Å². The lowest BCUT2D eigenvalue weighted by molar-refractivity contribution is -0.133. The Labute approximate surface area is 191 Å². The number of aryl methyl sites for hydroxylation is 3. The minimum absolute atomic E-state index is 0.0339. The molecule has 168 valence electrons. The zero-order chi connectivity index (χ0) is 23.0. The monoisotopic (exact) mass is 452 g/mol. The molecular weight excluding hydrogens is 424 g/mol. The van der Waals surface area contributed by atoms with Gasteiger partial charge in [-0.1, -0.05) is 13.0 Å². The summed E-state index contributed by atoms with van der Waals surface area (Å²) in [5.41, 5.74) is 3.15. The van der Waals surface area contributed by atoms with Gasteiger partial charge in [0.15, 0.2) is 0 Å². The lowest BCUT2D eigenvalue weighted by Gasteiger charge is -2.31. The van der Waals surface area contributed by atoms with Crippen LogP contribution in [0.2, 0.25) is 0 Å². The first kappa shape index (κ1) is 22.2. The Morgan fingerprint density at radius 2 is 1.91 bits per heavy atom. The van der Waals surface area contributed by atoms with Crippen molar-refractivity contribution in [1.82, 2.24) is 14.5 Å². The summed E-state index contributed by atoms with van der Waals surface area (Å²) >= 11 is 1.20. The Morgan fingerprint density at radius 3 is 2.59 bits per heavy atom. The average Bonchev–Trinajstić information content (AvgIpc) is 3.06. The van der Waals surface area contributed by atoms with E-state index in [-0.39, 0.29) is 23.9 Å². The van der Waals surface area contributed by atoms with E-state index in [0.717, 1.165) is 42.7 Å². The van der Waals surface area contributed by atoms with Gasteiger partial charge in [-0.05, 0) is 68.4 Å². The van der Waals surface area contributed by atoms with Gasteiger partial charge < -0.3 is 10.2 Å². The highest BCUT2D eigenvalue weighted by Crippen LogP contribution is 2.28. The largest absolute Gasteiger partial charge is 0.341 e. The summed E-state index contributed by atoms with van der Waals surface area (Å²) in [4.78, 5) is 46.0. The molecule has 1 atom stereocenters. The topological polar surface area (TPSA) is 84.3 Å². The molecule has 1 aromatic carbocycles. The maximum atomic E-state index is 13.1. The normalized spacial score (nSPS) is 16.4. The third-order valence-electron chi connectivity index (χ3n) is 5.92. The molecule has 0 unspecified atom stereocenters. The standard InChI is InChI=1S/C24H28N4O3S/c1-14-6-5-7-27(11-14)19(29)12-28-13-25-23-20(24(28)31)17(4)21(32-23)22(30)26-18-9-15(2)8-16(3)10-18/h8-10,13-14H,5-7,11-12H2,1-4H3,(H,26,30)/t14-/m0/s1. The molecule has 0 saturated carbocycles. The van der Waals surface area contributed by atoms with Crippen LogP contribution >= 0.6 is 11.3 Å². The number of anilines is 1. The van der Waals surface area contributed by atoms with Gasteiger partial charge in [-0.25, -0.2) is 4.98 Å². The molecule has 7 nitrogen and oxygen atoms in total. The summed E-state index contributed by atoms with van der Waals surface area (Å²) in [6.45, 7) is 9.28. The van der Waals surface area contributed by atoms with Crippen molar-refractivity contribution in [2.75, 3.05) is 18.4 Å². The third-order valence-corrected chi connectivity index (χ3v) is 7.12. The van der Waals surface area contributed by atoms with Gasteiger partial charge in [0.25, 0.3) is 11.5 Å². The number of fused-ring (bicyclic) bond motifs is 1. The Balaban J connectivity index is 1.60. The van der Waals surface area contributed by atoms with Crippen LogP contribution < -0.4 is 10.9 Å². The van der Waals surface area contributed by atoms with Crippen molar-refractivity contribution in [1.29, 1.82) is 0 Å². The summed E-state index contributed by atoms with van der Waals surface area (Å²) in [6, 6.07) is 5.86. The molecule has 1 saturated heterocycles. The summed E-state index contributed by atoms with van der Waals surface area (Å²) in [5, 5.41) is 3.33. The molecule has 0 aliphatic carbocycles. The Hall–Kier alpha value is -3.00. The number of carbonyl (C=O) groups is 2. The first-order chi connectivity index (χ1) is 15.2. The van der Waals surface area contributed by atoms with Gasteiger partial charge in [0.05, 0.1) is 16.6 Å². The number of likely N-dealkylation sites (tertiary alicyclic amines) is 1. The summed E-state index contributed by atoms with van der Waals surface area (Å²) in [7, 11) is 0. The number of piperidine rings is 1. The molecule has 2 amide bonds. The zero-order valence-corrected chi connectivity index (χ0v) is 19.7. The van der Waals surface area contributed by atoms with Crippen molar-refractivity contribution < 1.29 is 9.59 Å². The van der Waals surface area contributed by atoms with Crippen molar-refractivity contribution in [3.05, 3.63) is 56.4 Å². The lowest BCUT2D eigenvalue weighted by Crippen LogP contribution is -2.42. The van der Waals surface area contributed by atoms with Gasteiger partial charge in [0, 0.05) is 18.8 Å². The fraction of sp³-hybridized carbons (Fsp3) is 0.417.